The van der Waals surface area contributed by atoms with E-state index in [4.69, 9.17) is 13.9 Å². The van der Waals surface area contributed by atoms with Crippen LogP contribution in [-0.2, 0) is 11.3 Å². The van der Waals surface area contributed by atoms with Gasteiger partial charge in [-0.1, -0.05) is 0 Å². The van der Waals surface area contributed by atoms with Gasteiger partial charge in [0.05, 0.1) is 12.9 Å². The Labute approximate surface area is 162 Å². The molecule has 0 unspecified atom stereocenters. The first-order valence-corrected chi connectivity index (χ1v) is 9.71. The van der Waals surface area contributed by atoms with Crippen molar-refractivity contribution in [3.05, 3.63) is 59.5 Å². The van der Waals surface area contributed by atoms with Gasteiger partial charge in [-0.2, -0.15) is 0 Å². The van der Waals surface area contributed by atoms with E-state index >= 15 is 0 Å². The summed E-state index contributed by atoms with van der Waals surface area (Å²) in [6.07, 6.45) is 2.34. The molecule has 0 atom stereocenters. The number of hydrogen-bond acceptors (Lipinski definition) is 6. The van der Waals surface area contributed by atoms with Crippen molar-refractivity contribution in [2.75, 3.05) is 19.8 Å². The quantitative estimate of drug-likeness (QED) is 0.530. The van der Waals surface area contributed by atoms with Gasteiger partial charge in [0.2, 0.25) is 0 Å². The number of nitrogens with zero attached hydrogens (tertiary/aromatic N) is 1. The number of furan rings is 1. The summed E-state index contributed by atoms with van der Waals surface area (Å²) >= 11 is 1.45. The molecule has 3 rings (SSSR count). The molecular weight excluding hydrogens is 364 g/mol. The van der Waals surface area contributed by atoms with Crippen LogP contribution >= 0.6 is 11.3 Å². The minimum atomic E-state index is -0.172. The van der Waals surface area contributed by atoms with Crippen molar-refractivity contribution in [1.82, 2.24) is 10.3 Å². The van der Waals surface area contributed by atoms with Crippen LogP contribution in [0.3, 0.4) is 0 Å². The van der Waals surface area contributed by atoms with Crippen molar-refractivity contribution in [3.63, 3.8) is 0 Å². The van der Waals surface area contributed by atoms with Crippen molar-refractivity contribution >= 4 is 17.2 Å². The Bertz CT molecular complexity index is 828. The highest BCUT2D eigenvalue weighted by Gasteiger charge is 2.11. The third-order valence-electron chi connectivity index (χ3n) is 3.72. The third kappa shape index (κ3) is 5.67. The molecule has 0 aliphatic carbocycles. The average Bonchev–Trinajstić information content (AvgIpc) is 3.37. The van der Waals surface area contributed by atoms with Crippen molar-refractivity contribution in [2.45, 2.75) is 20.0 Å². The van der Waals surface area contributed by atoms with Gasteiger partial charge < -0.3 is 19.2 Å². The first-order chi connectivity index (χ1) is 13.3. The second-order valence-corrected chi connectivity index (χ2v) is 6.59. The lowest BCUT2D eigenvalue weighted by Crippen LogP contribution is -2.25. The van der Waals surface area contributed by atoms with Gasteiger partial charge in [0.1, 0.15) is 28.8 Å². The van der Waals surface area contributed by atoms with Crippen LogP contribution in [-0.4, -0.2) is 30.6 Å². The summed E-state index contributed by atoms with van der Waals surface area (Å²) in [4.78, 5) is 16.6. The van der Waals surface area contributed by atoms with Crippen LogP contribution in [0, 0.1) is 0 Å². The molecule has 1 N–H and O–H groups in total. The molecule has 1 amide bonds. The number of nitrogens with one attached hydrogen (secondary N) is 1. The van der Waals surface area contributed by atoms with Crippen LogP contribution in [0.4, 0.5) is 0 Å². The van der Waals surface area contributed by atoms with Crippen LogP contribution in [0.2, 0.25) is 0 Å². The molecule has 3 aromatic rings. The highest BCUT2D eigenvalue weighted by molar-refractivity contribution is 7.13. The Hall–Kier alpha value is -2.64. The molecule has 0 radical (unpaired) electrons. The molecular formula is C20H22N2O4S. The number of hydrogen-bond donors (Lipinski definition) is 1. The largest absolute Gasteiger partial charge is 0.494 e. The number of ether oxygens (including phenoxy) is 2. The fraction of sp³-hybridized carbons (Fsp3) is 0.300. The predicted molar refractivity (Wildman–Crippen MR) is 104 cm³/mol. The van der Waals surface area contributed by atoms with E-state index in [1.807, 2.05) is 43.3 Å². The Morgan fingerprint density at radius 2 is 2.11 bits per heavy atom. The lowest BCUT2D eigenvalue weighted by atomic mass is 10.2. The summed E-state index contributed by atoms with van der Waals surface area (Å²) < 4.78 is 16.1. The van der Waals surface area contributed by atoms with Crippen LogP contribution in [0.1, 0.15) is 29.6 Å². The highest BCUT2D eigenvalue weighted by atomic mass is 32.1. The normalized spacial score (nSPS) is 10.7. The topological polar surface area (TPSA) is 73.6 Å². The molecule has 27 heavy (non-hydrogen) atoms. The number of carbonyl (C=O) groups excluding carboxylic acids is 1. The minimum absolute atomic E-state index is 0.172. The van der Waals surface area contributed by atoms with E-state index in [0.29, 0.717) is 32.1 Å². The SMILES string of the molecule is CCOc1ccc(-c2nc(C(=O)NCCCOCc3ccco3)cs2)cc1. The zero-order valence-corrected chi connectivity index (χ0v) is 16.0. The molecule has 6 nitrogen and oxygen atoms in total. The second kappa shape index (κ2) is 9.89. The molecule has 0 bridgehead atoms. The summed E-state index contributed by atoms with van der Waals surface area (Å²) in [6, 6.07) is 11.4. The van der Waals surface area contributed by atoms with Crippen LogP contribution < -0.4 is 10.1 Å². The van der Waals surface area contributed by atoms with Gasteiger partial charge in [0, 0.05) is 24.1 Å². The molecule has 0 spiro atoms. The highest BCUT2D eigenvalue weighted by Crippen LogP contribution is 2.25. The molecule has 0 saturated carbocycles. The van der Waals surface area contributed by atoms with Gasteiger partial charge in [-0.15, -0.1) is 11.3 Å². The Morgan fingerprint density at radius 3 is 2.85 bits per heavy atom. The average molecular weight is 386 g/mol. The summed E-state index contributed by atoms with van der Waals surface area (Å²) in [5.41, 5.74) is 1.40. The fourth-order valence-electron chi connectivity index (χ4n) is 2.41. The van der Waals surface area contributed by atoms with Crippen molar-refractivity contribution in [2.24, 2.45) is 0 Å². The van der Waals surface area contributed by atoms with E-state index < -0.39 is 0 Å². The molecule has 0 fully saturated rings. The predicted octanol–water partition coefficient (Wildman–Crippen LogP) is 4.14. The summed E-state index contributed by atoms with van der Waals surface area (Å²) in [7, 11) is 0. The summed E-state index contributed by atoms with van der Waals surface area (Å²) in [5.74, 6) is 1.45. The Kier molecular flexibility index (Phi) is 7.01. The van der Waals surface area contributed by atoms with Gasteiger partial charge in [0.15, 0.2) is 0 Å². The molecule has 142 valence electrons. The van der Waals surface area contributed by atoms with E-state index in [-0.39, 0.29) is 5.91 Å². The van der Waals surface area contributed by atoms with E-state index in [9.17, 15) is 4.79 Å². The number of benzene rings is 1. The monoisotopic (exact) mass is 386 g/mol. The zero-order valence-electron chi connectivity index (χ0n) is 15.1. The van der Waals surface area contributed by atoms with Crippen molar-refractivity contribution < 1.29 is 18.7 Å². The van der Waals surface area contributed by atoms with E-state index in [0.717, 1.165) is 28.5 Å². The third-order valence-corrected chi connectivity index (χ3v) is 4.62. The maximum atomic E-state index is 12.2. The Balaban J connectivity index is 1.41. The summed E-state index contributed by atoms with van der Waals surface area (Å²) in [5, 5.41) is 5.45. The molecule has 1 aromatic carbocycles. The second-order valence-electron chi connectivity index (χ2n) is 5.74. The van der Waals surface area contributed by atoms with Crippen LogP contribution in [0.5, 0.6) is 5.75 Å². The van der Waals surface area contributed by atoms with Gasteiger partial charge in [-0.25, -0.2) is 4.98 Å². The van der Waals surface area contributed by atoms with Gasteiger partial charge in [0.25, 0.3) is 5.91 Å². The van der Waals surface area contributed by atoms with Gasteiger partial charge >= 0.3 is 0 Å². The van der Waals surface area contributed by atoms with E-state index in [1.165, 1.54) is 11.3 Å². The first-order valence-electron chi connectivity index (χ1n) is 8.83. The van der Waals surface area contributed by atoms with Gasteiger partial charge in [-0.05, 0) is 49.7 Å². The molecule has 7 heteroatoms. The molecule has 0 aliphatic heterocycles. The van der Waals surface area contributed by atoms with Crippen LogP contribution in [0.15, 0.2) is 52.5 Å². The smallest absolute Gasteiger partial charge is 0.270 e. The maximum Gasteiger partial charge on any atom is 0.270 e. The number of amides is 1. The standard InChI is InChI=1S/C20H22N2O4S/c1-2-25-16-8-6-15(7-9-16)20-22-18(14-27-20)19(23)21-10-4-11-24-13-17-5-3-12-26-17/h3,5-9,12,14H,2,4,10-11,13H2,1H3,(H,21,23). The van der Waals surface area contributed by atoms with Crippen LogP contribution in [0.25, 0.3) is 10.6 Å². The molecule has 0 aliphatic rings. The number of aromatic nitrogens is 1. The Morgan fingerprint density at radius 1 is 1.26 bits per heavy atom. The molecule has 2 aromatic heterocycles. The van der Waals surface area contributed by atoms with Gasteiger partial charge in [-0.3, -0.25) is 4.79 Å². The first kappa shape index (κ1) is 19.1. The van der Waals surface area contributed by atoms with E-state index in [2.05, 4.69) is 10.3 Å². The molecule has 0 saturated heterocycles. The van der Waals surface area contributed by atoms with Crippen molar-refractivity contribution in [3.8, 4) is 16.3 Å². The fourth-order valence-corrected chi connectivity index (χ4v) is 3.21. The number of rotatable bonds is 10. The summed E-state index contributed by atoms with van der Waals surface area (Å²) in [6.45, 7) is 4.11. The van der Waals surface area contributed by atoms with Crippen molar-refractivity contribution in [1.29, 1.82) is 0 Å². The number of thiazole rings is 1. The number of carbonyl (C=O) groups is 1. The maximum absolute atomic E-state index is 12.2. The minimum Gasteiger partial charge on any atom is -0.494 e. The zero-order chi connectivity index (χ0) is 18.9. The van der Waals surface area contributed by atoms with E-state index in [1.54, 1.807) is 11.6 Å². The molecule has 2 heterocycles. The lowest BCUT2D eigenvalue weighted by molar-refractivity contribution is 0.0913. The lowest BCUT2D eigenvalue weighted by Gasteiger charge is -2.04.